The number of hydrogen-bond donors (Lipinski definition) is 2. The molecule has 2 atom stereocenters. The van der Waals surface area contributed by atoms with Crippen LogP contribution in [0.5, 0.6) is 0 Å². The first-order chi connectivity index (χ1) is 8.18. The third-order valence-electron chi connectivity index (χ3n) is 3.32. The van der Waals surface area contributed by atoms with Gasteiger partial charge in [0, 0.05) is 30.5 Å². The van der Waals surface area contributed by atoms with E-state index in [0.717, 1.165) is 25.1 Å². The van der Waals surface area contributed by atoms with Crippen molar-refractivity contribution in [2.24, 2.45) is 0 Å². The van der Waals surface area contributed by atoms with Gasteiger partial charge in [-0.2, -0.15) is 11.8 Å². The molecule has 2 heterocycles. The van der Waals surface area contributed by atoms with Gasteiger partial charge in [-0.25, -0.2) is 4.79 Å². The van der Waals surface area contributed by atoms with Crippen LogP contribution >= 0.6 is 11.8 Å². The summed E-state index contributed by atoms with van der Waals surface area (Å²) in [6.45, 7) is 1.53. The lowest BCUT2D eigenvalue weighted by Crippen LogP contribution is -2.51. The number of carboxylic acid groups (broad SMARTS) is 1. The van der Waals surface area contributed by atoms with Crippen LogP contribution in [0.4, 0.5) is 0 Å². The number of carbonyl (C=O) groups excluding carboxylic acids is 1. The molecule has 2 aliphatic rings. The summed E-state index contributed by atoms with van der Waals surface area (Å²) in [4.78, 5) is 24.7. The molecule has 0 bridgehead atoms. The van der Waals surface area contributed by atoms with E-state index in [-0.39, 0.29) is 11.9 Å². The molecule has 0 aliphatic carbocycles. The smallest absolute Gasteiger partial charge is 0.327 e. The van der Waals surface area contributed by atoms with Gasteiger partial charge in [-0.15, -0.1) is 0 Å². The molecule has 0 aromatic rings. The summed E-state index contributed by atoms with van der Waals surface area (Å²) in [5.74, 6) is 0.453. The molecular weight excluding hydrogens is 240 g/mol. The van der Waals surface area contributed by atoms with Crippen molar-refractivity contribution < 1.29 is 14.7 Å². The summed E-state index contributed by atoms with van der Waals surface area (Å²) >= 11 is 1.60. The zero-order valence-corrected chi connectivity index (χ0v) is 10.5. The van der Waals surface area contributed by atoms with E-state index in [1.165, 1.54) is 0 Å². The molecular formula is C11H18N2O3S. The number of carboxylic acids is 1. The maximum absolute atomic E-state index is 12.1. The molecule has 6 heteroatoms. The maximum Gasteiger partial charge on any atom is 0.327 e. The lowest BCUT2D eigenvalue weighted by molar-refractivity contribution is -0.149. The molecule has 0 spiro atoms. The number of amides is 1. The minimum absolute atomic E-state index is 0.0166. The third kappa shape index (κ3) is 3.13. The van der Waals surface area contributed by atoms with Crippen LogP contribution in [0, 0.1) is 0 Å². The maximum atomic E-state index is 12.1. The summed E-state index contributed by atoms with van der Waals surface area (Å²) in [5, 5.41) is 12.4. The highest BCUT2D eigenvalue weighted by molar-refractivity contribution is 7.99. The second kappa shape index (κ2) is 5.73. The van der Waals surface area contributed by atoms with E-state index in [2.05, 4.69) is 5.32 Å². The Morgan fingerprint density at radius 1 is 1.47 bits per heavy atom. The summed E-state index contributed by atoms with van der Waals surface area (Å²) in [6, 6.07) is -0.394. The van der Waals surface area contributed by atoms with Crippen LogP contribution in [0.2, 0.25) is 0 Å². The van der Waals surface area contributed by atoms with Gasteiger partial charge in [0.25, 0.3) is 0 Å². The first-order valence-electron chi connectivity index (χ1n) is 6.02. The van der Waals surface area contributed by atoms with E-state index in [0.29, 0.717) is 18.7 Å². The summed E-state index contributed by atoms with van der Waals surface area (Å²) in [5.41, 5.74) is 0. The highest BCUT2D eigenvalue weighted by Crippen LogP contribution is 2.19. The zero-order valence-electron chi connectivity index (χ0n) is 9.72. The number of thioether (sulfide) groups is 1. The second-order valence-corrected chi connectivity index (χ2v) is 5.66. The average molecular weight is 258 g/mol. The summed E-state index contributed by atoms with van der Waals surface area (Å²) < 4.78 is 0. The van der Waals surface area contributed by atoms with Crippen LogP contribution in [0.15, 0.2) is 0 Å². The van der Waals surface area contributed by atoms with Crippen molar-refractivity contribution in [2.75, 3.05) is 24.6 Å². The molecule has 2 rings (SSSR count). The van der Waals surface area contributed by atoms with Crippen LogP contribution in [0.1, 0.15) is 19.3 Å². The number of nitrogens with one attached hydrogen (secondary N) is 1. The van der Waals surface area contributed by atoms with Gasteiger partial charge in [-0.1, -0.05) is 0 Å². The van der Waals surface area contributed by atoms with Crippen LogP contribution in [0.25, 0.3) is 0 Å². The van der Waals surface area contributed by atoms with Crippen molar-refractivity contribution in [1.29, 1.82) is 0 Å². The Bertz CT molecular complexity index is 305. The highest BCUT2D eigenvalue weighted by atomic mass is 32.2. The molecule has 0 radical (unpaired) electrons. The van der Waals surface area contributed by atoms with Crippen molar-refractivity contribution in [3.05, 3.63) is 0 Å². The third-order valence-corrected chi connectivity index (χ3v) is 4.34. The van der Waals surface area contributed by atoms with Crippen LogP contribution in [-0.2, 0) is 9.59 Å². The lowest BCUT2D eigenvalue weighted by Gasteiger charge is -2.33. The van der Waals surface area contributed by atoms with Gasteiger partial charge in [0.1, 0.15) is 6.04 Å². The fourth-order valence-corrected chi connectivity index (χ4v) is 3.40. The van der Waals surface area contributed by atoms with E-state index >= 15 is 0 Å². The van der Waals surface area contributed by atoms with Crippen LogP contribution < -0.4 is 5.32 Å². The lowest BCUT2D eigenvalue weighted by atomic mass is 10.1. The van der Waals surface area contributed by atoms with Gasteiger partial charge in [0.2, 0.25) is 5.91 Å². The van der Waals surface area contributed by atoms with Gasteiger partial charge in [-0.05, 0) is 19.4 Å². The number of rotatable bonds is 3. The Hall–Kier alpha value is -0.750. The Labute approximate surface area is 105 Å². The molecule has 2 saturated heterocycles. The number of carbonyl (C=O) groups is 2. The van der Waals surface area contributed by atoms with Gasteiger partial charge < -0.3 is 15.3 Å². The van der Waals surface area contributed by atoms with E-state index in [4.69, 9.17) is 5.11 Å². The molecule has 2 unspecified atom stereocenters. The molecule has 2 N–H and O–H groups in total. The number of hydrogen-bond acceptors (Lipinski definition) is 4. The molecule has 5 nitrogen and oxygen atoms in total. The van der Waals surface area contributed by atoms with Gasteiger partial charge in [0.15, 0.2) is 0 Å². The standard InChI is InChI=1S/C11H18N2O3S/c14-10(6-8-2-1-3-12-8)13-4-5-17-7-9(13)11(15)16/h8-9,12H,1-7H2,(H,15,16). The highest BCUT2D eigenvalue weighted by Gasteiger charge is 2.33. The quantitative estimate of drug-likeness (QED) is 0.754. The van der Waals surface area contributed by atoms with Crippen molar-refractivity contribution in [1.82, 2.24) is 10.2 Å². The van der Waals surface area contributed by atoms with Crippen molar-refractivity contribution in [3.63, 3.8) is 0 Å². The molecule has 17 heavy (non-hydrogen) atoms. The fraction of sp³-hybridized carbons (Fsp3) is 0.818. The van der Waals surface area contributed by atoms with Crippen LogP contribution in [-0.4, -0.2) is 58.6 Å². The van der Waals surface area contributed by atoms with Gasteiger partial charge >= 0.3 is 5.97 Å². The normalized spacial score (nSPS) is 29.3. The average Bonchev–Trinajstić information content (AvgIpc) is 2.81. The molecule has 0 saturated carbocycles. The SMILES string of the molecule is O=C(O)C1CSCCN1C(=O)CC1CCCN1. The molecule has 96 valence electrons. The number of aliphatic carboxylic acids is 1. The predicted octanol–water partition coefficient (Wildman–Crippen LogP) is 0.157. The van der Waals surface area contributed by atoms with Gasteiger partial charge in [-0.3, -0.25) is 4.79 Å². The minimum Gasteiger partial charge on any atom is -0.480 e. The topological polar surface area (TPSA) is 69.6 Å². The zero-order chi connectivity index (χ0) is 12.3. The molecule has 1 amide bonds. The van der Waals surface area contributed by atoms with E-state index < -0.39 is 12.0 Å². The predicted molar refractivity (Wildman–Crippen MR) is 66.1 cm³/mol. The second-order valence-electron chi connectivity index (χ2n) is 4.51. The monoisotopic (exact) mass is 258 g/mol. The Morgan fingerprint density at radius 3 is 2.94 bits per heavy atom. The van der Waals surface area contributed by atoms with Gasteiger partial charge in [0.05, 0.1) is 0 Å². The molecule has 2 aliphatic heterocycles. The van der Waals surface area contributed by atoms with Crippen molar-refractivity contribution in [2.45, 2.75) is 31.3 Å². The molecule has 2 fully saturated rings. The summed E-state index contributed by atoms with van der Waals surface area (Å²) in [7, 11) is 0. The molecule has 0 aromatic carbocycles. The Balaban J connectivity index is 1.93. The summed E-state index contributed by atoms with van der Waals surface area (Å²) in [6.07, 6.45) is 2.57. The van der Waals surface area contributed by atoms with Crippen LogP contribution in [0.3, 0.4) is 0 Å². The van der Waals surface area contributed by atoms with E-state index in [1.807, 2.05) is 0 Å². The Morgan fingerprint density at radius 2 is 2.29 bits per heavy atom. The number of nitrogens with zero attached hydrogens (tertiary/aromatic N) is 1. The fourth-order valence-electron chi connectivity index (χ4n) is 2.37. The minimum atomic E-state index is -0.884. The van der Waals surface area contributed by atoms with E-state index in [1.54, 1.807) is 16.7 Å². The van der Waals surface area contributed by atoms with Crippen molar-refractivity contribution in [3.8, 4) is 0 Å². The molecule has 0 aromatic heterocycles. The first kappa shape index (κ1) is 12.7. The largest absolute Gasteiger partial charge is 0.480 e. The van der Waals surface area contributed by atoms with E-state index in [9.17, 15) is 9.59 Å². The Kier molecular flexibility index (Phi) is 4.28. The first-order valence-corrected chi connectivity index (χ1v) is 7.17. The van der Waals surface area contributed by atoms with Crippen molar-refractivity contribution >= 4 is 23.6 Å².